The van der Waals surface area contributed by atoms with Crippen molar-refractivity contribution in [2.45, 2.75) is 6.42 Å². The average Bonchev–Trinajstić information content (AvgIpc) is 3.00. The minimum Gasteiger partial charge on any atom is -0.469 e. The van der Waals surface area contributed by atoms with Gasteiger partial charge in [-0.1, -0.05) is 0 Å². The summed E-state index contributed by atoms with van der Waals surface area (Å²) in [4.78, 5) is 26.7. The Morgan fingerprint density at radius 1 is 1.56 bits per heavy atom. The lowest BCUT2D eigenvalue weighted by Crippen LogP contribution is -2.12. The summed E-state index contributed by atoms with van der Waals surface area (Å²) in [5.74, 6) is -0.794. The van der Waals surface area contributed by atoms with Gasteiger partial charge in [0.1, 0.15) is 0 Å². The Bertz CT molecular complexity index is 550. The summed E-state index contributed by atoms with van der Waals surface area (Å²) >= 11 is 1.22. The number of ether oxygens (including phenoxy) is 1. The van der Waals surface area contributed by atoms with E-state index < -0.39 is 5.91 Å². The molecule has 0 radical (unpaired) electrons. The van der Waals surface area contributed by atoms with Gasteiger partial charge >= 0.3 is 5.97 Å². The third kappa shape index (κ3) is 2.88. The van der Waals surface area contributed by atoms with Crippen LogP contribution in [0.4, 0.5) is 5.13 Å². The normalized spacial score (nSPS) is 10.1. The molecule has 0 aliphatic heterocycles. The molecule has 0 spiro atoms. The Hall–Kier alpha value is -2.29. The predicted octanol–water partition coefficient (Wildman–Crippen LogP) is 0.229. The number of anilines is 1. The van der Waals surface area contributed by atoms with Crippen molar-refractivity contribution in [2.75, 3.05) is 12.4 Å². The van der Waals surface area contributed by atoms with E-state index in [1.165, 1.54) is 24.6 Å². The lowest BCUT2D eigenvalue weighted by atomic mass is 10.3. The summed E-state index contributed by atoms with van der Waals surface area (Å²) in [6.45, 7) is 0. The molecule has 0 aliphatic rings. The van der Waals surface area contributed by atoms with Crippen molar-refractivity contribution >= 4 is 28.3 Å². The van der Waals surface area contributed by atoms with Gasteiger partial charge in [-0.15, -0.1) is 11.3 Å². The molecule has 0 aromatic carbocycles. The largest absolute Gasteiger partial charge is 0.469 e. The minimum atomic E-state index is -0.414. The maximum atomic E-state index is 11.6. The average molecular weight is 267 g/mol. The van der Waals surface area contributed by atoms with Gasteiger partial charge in [-0.05, 0) is 0 Å². The first-order chi connectivity index (χ1) is 8.69. The second-order valence-corrected chi connectivity index (χ2v) is 4.06. The first-order valence-corrected chi connectivity index (χ1v) is 5.75. The van der Waals surface area contributed by atoms with Gasteiger partial charge < -0.3 is 4.74 Å². The second-order valence-electron chi connectivity index (χ2n) is 3.21. The number of carbonyl (C=O) groups excluding carboxylic acids is 2. The van der Waals surface area contributed by atoms with Gasteiger partial charge in [0.15, 0.2) is 10.8 Å². The van der Waals surface area contributed by atoms with Crippen molar-refractivity contribution in [1.29, 1.82) is 0 Å². The molecule has 0 saturated heterocycles. The molecule has 1 amide bonds. The Labute approximate surface area is 105 Å². The number of aromatic nitrogens is 4. The number of hydrogen-bond donors (Lipinski definition) is 2. The molecule has 0 unspecified atom stereocenters. The monoisotopic (exact) mass is 267 g/mol. The van der Waals surface area contributed by atoms with E-state index in [-0.39, 0.29) is 18.1 Å². The van der Waals surface area contributed by atoms with Crippen LogP contribution in [0.2, 0.25) is 0 Å². The number of H-pyrrole nitrogens is 1. The maximum Gasteiger partial charge on any atom is 0.311 e. The summed E-state index contributed by atoms with van der Waals surface area (Å²) in [5.41, 5.74) is 0.710. The van der Waals surface area contributed by atoms with Crippen LogP contribution in [0.1, 0.15) is 16.2 Å². The fraction of sp³-hybridized carbons (Fsp3) is 0.222. The number of methoxy groups -OCH3 is 1. The zero-order chi connectivity index (χ0) is 13.0. The molecule has 18 heavy (non-hydrogen) atoms. The van der Waals surface area contributed by atoms with E-state index in [9.17, 15) is 9.59 Å². The van der Waals surface area contributed by atoms with E-state index in [0.29, 0.717) is 10.8 Å². The van der Waals surface area contributed by atoms with Crippen molar-refractivity contribution in [3.8, 4) is 0 Å². The molecular formula is C9H9N5O3S. The quantitative estimate of drug-likeness (QED) is 0.767. The van der Waals surface area contributed by atoms with E-state index in [1.807, 2.05) is 0 Å². The van der Waals surface area contributed by atoms with Gasteiger partial charge in [0.2, 0.25) is 0 Å². The maximum absolute atomic E-state index is 11.6. The highest BCUT2D eigenvalue weighted by Gasteiger charge is 2.12. The molecular weight excluding hydrogens is 258 g/mol. The highest BCUT2D eigenvalue weighted by molar-refractivity contribution is 7.14. The molecule has 9 heteroatoms. The van der Waals surface area contributed by atoms with Crippen LogP contribution in [0, 0.1) is 0 Å². The van der Waals surface area contributed by atoms with Gasteiger partial charge in [-0.25, -0.2) is 4.98 Å². The third-order valence-corrected chi connectivity index (χ3v) is 2.78. The van der Waals surface area contributed by atoms with E-state index >= 15 is 0 Å². The first-order valence-electron chi connectivity index (χ1n) is 4.87. The van der Waals surface area contributed by atoms with Gasteiger partial charge in [0.25, 0.3) is 5.91 Å². The van der Waals surface area contributed by atoms with Crippen LogP contribution in [-0.4, -0.2) is 39.4 Å². The van der Waals surface area contributed by atoms with Crippen LogP contribution < -0.4 is 5.32 Å². The van der Waals surface area contributed by atoms with Crippen LogP contribution in [0.25, 0.3) is 0 Å². The fourth-order valence-corrected chi connectivity index (χ4v) is 1.84. The van der Waals surface area contributed by atoms with Crippen molar-refractivity contribution < 1.29 is 14.3 Å². The lowest BCUT2D eigenvalue weighted by Gasteiger charge is -1.97. The van der Waals surface area contributed by atoms with Crippen molar-refractivity contribution in [3.05, 3.63) is 23.0 Å². The van der Waals surface area contributed by atoms with E-state index in [4.69, 9.17) is 0 Å². The molecule has 2 rings (SSSR count). The van der Waals surface area contributed by atoms with Crippen LogP contribution in [0.15, 0.2) is 11.6 Å². The lowest BCUT2D eigenvalue weighted by molar-refractivity contribution is -0.139. The van der Waals surface area contributed by atoms with Crippen LogP contribution in [0.3, 0.4) is 0 Å². The molecule has 2 heterocycles. The number of esters is 1. The first kappa shape index (κ1) is 12.2. The number of nitrogens with zero attached hydrogens (tertiary/aromatic N) is 3. The second kappa shape index (κ2) is 5.36. The topological polar surface area (TPSA) is 110 Å². The van der Waals surface area contributed by atoms with Crippen molar-refractivity contribution in [1.82, 2.24) is 20.4 Å². The summed E-state index contributed by atoms with van der Waals surface area (Å²) in [6, 6.07) is 0. The Morgan fingerprint density at radius 2 is 2.39 bits per heavy atom. The van der Waals surface area contributed by atoms with Crippen LogP contribution in [0.5, 0.6) is 0 Å². The van der Waals surface area contributed by atoms with Gasteiger partial charge in [0, 0.05) is 5.38 Å². The number of thiazole rings is 1. The number of aromatic amines is 1. The number of rotatable bonds is 4. The Balaban J connectivity index is 1.98. The predicted molar refractivity (Wildman–Crippen MR) is 62.2 cm³/mol. The standard InChI is InChI=1S/C9H9N5O3S/c1-17-7(15)2-5-4-18-9(11-5)12-8(16)6-3-10-14-13-6/h3-4H,2H2,1H3,(H,10,13,14)(H,11,12,16). The summed E-state index contributed by atoms with van der Waals surface area (Å²) < 4.78 is 4.52. The SMILES string of the molecule is COC(=O)Cc1csc(NC(=O)c2cn[nH]n2)n1. The summed E-state index contributed by atoms with van der Waals surface area (Å²) in [6.07, 6.45) is 1.38. The Morgan fingerprint density at radius 3 is 3.06 bits per heavy atom. The number of nitrogens with one attached hydrogen (secondary N) is 2. The highest BCUT2D eigenvalue weighted by atomic mass is 32.1. The smallest absolute Gasteiger partial charge is 0.311 e. The van der Waals surface area contributed by atoms with Crippen molar-refractivity contribution in [2.24, 2.45) is 0 Å². The summed E-state index contributed by atoms with van der Waals surface area (Å²) in [5, 5.41) is 14.1. The molecule has 2 aromatic heterocycles. The number of carbonyl (C=O) groups is 2. The van der Waals surface area contributed by atoms with Gasteiger partial charge in [-0.3, -0.25) is 14.9 Å². The molecule has 0 atom stereocenters. The molecule has 2 N–H and O–H groups in total. The Kier molecular flexibility index (Phi) is 3.63. The molecule has 0 aliphatic carbocycles. The highest BCUT2D eigenvalue weighted by Crippen LogP contribution is 2.16. The van der Waals surface area contributed by atoms with Crippen LogP contribution in [-0.2, 0) is 16.0 Å². The van der Waals surface area contributed by atoms with E-state index in [2.05, 4.69) is 30.4 Å². The fourth-order valence-electron chi connectivity index (χ4n) is 1.14. The third-order valence-electron chi connectivity index (χ3n) is 1.97. The van der Waals surface area contributed by atoms with Crippen LogP contribution >= 0.6 is 11.3 Å². The summed E-state index contributed by atoms with van der Waals surface area (Å²) in [7, 11) is 1.31. The van der Waals surface area contributed by atoms with Gasteiger partial charge in [-0.2, -0.15) is 15.4 Å². The molecule has 0 fully saturated rings. The minimum absolute atomic E-state index is 0.0762. The molecule has 0 saturated carbocycles. The molecule has 8 nitrogen and oxygen atoms in total. The van der Waals surface area contributed by atoms with Crippen molar-refractivity contribution in [3.63, 3.8) is 0 Å². The zero-order valence-electron chi connectivity index (χ0n) is 9.34. The van der Waals surface area contributed by atoms with E-state index in [0.717, 1.165) is 0 Å². The molecule has 2 aromatic rings. The zero-order valence-corrected chi connectivity index (χ0v) is 10.2. The molecule has 94 valence electrons. The molecule has 0 bridgehead atoms. The number of hydrogen-bond acceptors (Lipinski definition) is 7. The van der Waals surface area contributed by atoms with Gasteiger partial charge in [0.05, 0.1) is 25.4 Å². The number of amides is 1. The van der Waals surface area contributed by atoms with E-state index in [1.54, 1.807) is 5.38 Å².